The molecule has 0 aliphatic carbocycles. The number of benzene rings is 1. The molecule has 156 valence electrons. The molecule has 1 aromatic carbocycles. The largest absolute Gasteiger partial charge is 0.493 e. The van der Waals surface area contributed by atoms with Gasteiger partial charge in [-0.05, 0) is 24.6 Å². The molecule has 1 aliphatic heterocycles. The normalized spacial score (nSPS) is 14.3. The lowest BCUT2D eigenvalue weighted by Crippen LogP contribution is -2.16. The summed E-state index contributed by atoms with van der Waals surface area (Å²) in [5.74, 6) is 0.379. The fraction of sp³-hybridized carbons (Fsp3) is 0.389. The van der Waals surface area contributed by atoms with Crippen LogP contribution in [0.4, 0.5) is 24.0 Å². The quantitative estimate of drug-likeness (QED) is 0.545. The number of hydrogen-bond acceptors (Lipinski definition) is 8. The maximum absolute atomic E-state index is 13.5. The highest BCUT2D eigenvalue weighted by atomic mass is 32.2. The van der Waals surface area contributed by atoms with Gasteiger partial charge >= 0.3 is 6.18 Å². The third-order valence-corrected chi connectivity index (χ3v) is 5.52. The van der Waals surface area contributed by atoms with Crippen LogP contribution in [0.5, 0.6) is 5.75 Å². The molecule has 3 N–H and O–H groups in total. The molecule has 0 spiro atoms. The molecule has 0 amide bonds. The Hall–Kier alpha value is -2.27. The van der Waals surface area contributed by atoms with Gasteiger partial charge in [-0.3, -0.25) is 0 Å². The molecule has 1 aromatic heterocycles. The predicted molar refractivity (Wildman–Crippen MR) is 112 cm³/mol. The molecule has 6 nitrogen and oxygen atoms in total. The number of nitrogens with zero attached hydrogens (tertiary/aromatic N) is 3. The molecule has 0 saturated heterocycles. The van der Waals surface area contributed by atoms with Crippen LogP contribution in [0.1, 0.15) is 37.4 Å². The van der Waals surface area contributed by atoms with E-state index in [2.05, 4.69) is 20.5 Å². The molecular weight excluding hydrogens is 423 g/mol. The SMILES string of the molecule is CCCCCOc1ccc(Nc2nc(C3=NN=C(N)SC3)cs2)cc1C(F)(F)F. The predicted octanol–water partition coefficient (Wildman–Crippen LogP) is 5.24. The summed E-state index contributed by atoms with van der Waals surface area (Å²) in [6.07, 6.45) is -1.92. The van der Waals surface area contributed by atoms with Gasteiger partial charge in [0.1, 0.15) is 17.2 Å². The summed E-state index contributed by atoms with van der Waals surface area (Å²) in [5, 5.41) is 13.4. The molecular formula is C18H20F3N5OS2. The van der Waals surface area contributed by atoms with Crippen LogP contribution in [0.2, 0.25) is 0 Å². The summed E-state index contributed by atoms with van der Waals surface area (Å²) in [5.41, 5.74) is 6.32. The number of thiazole rings is 1. The molecule has 0 atom stereocenters. The van der Waals surface area contributed by atoms with Crippen LogP contribution in [-0.4, -0.2) is 28.2 Å². The molecule has 1 aliphatic rings. The Labute approximate surface area is 174 Å². The third kappa shape index (κ3) is 5.86. The first-order valence-electron chi connectivity index (χ1n) is 8.96. The van der Waals surface area contributed by atoms with Gasteiger partial charge in [0.25, 0.3) is 0 Å². The van der Waals surface area contributed by atoms with Crippen molar-refractivity contribution in [3.05, 3.63) is 34.8 Å². The Bertz CT molecular complexity index is 911. The van der Waals surface area contributed by atoms with E-state index in [-0.39, 0.29) is 18.0 Å². The monoisotopic (exact) mass is 443 g/mol. The lowest BCUT2D eigenvalue weighted by atomic mass is 10.1. The number of nitrogens with one attached hydrogen (secondary N) is 1. The van der Waals surface area contributed by atoms with Gasteiger partial charge in [-0.1, -0.05) is 31.5 Å². The van der Waals surface area contributed by atoms with E-state index in [9.17, 15) is 13.2 Å². The molecule has 0 radical (unpaired) electrons. The summed E-state index contributed by atoms with van der Waals surface area (Å²) in [6, 6.07) is 3.92. The molecule has 2 heterocycles. The van der Waals surface area contributed by atoms with Gasteiger partial charge in [0.15, 0.2) is 10.3 Å². The zero-order valence-electron chi connectivity index (χ0n) is 15.6. The van der Waals surface area contributed by atoms with Crippen molar-refractivity contribution in [3.63, 3.8) is 0 Å². The average Bonchev–Trinajstić information content (AvgIpc) is 3.14. The maximum atomic E-state index is 13.5. The van der Waals surface area contributed by atoms with Crippen LogP contribution >= 0.6 is 23.1 Å². The number of unbranched alkanes of at least 4 members (excludes halogenated alkanes) is 2. The van der Waals surface area contributed by atoms with Crippen molar-refractivity contribution in [3.8, 4) is 5.75 Å². The summed E-state index contributed by atoms with van der Waals surface area (Å²) >= 11 is 2.62. The minimum Gasteiger partial charge on any atom is -0.493 e. The lowest BCUT2D eigenvalue weighted by molar-refractivity contribution is -0.138. The first-order valence-corrected chi connectivity index (χ1v) is 10.8. The maximum Gasteiger partial charge on any atom is 0.420 e. The number of ether oxygens (including phenoxy) is 1. The van der Waals surface area contributed by atoms with E-state index in [0.29, 0.717) is 33.9 Å². The Kier molecular flexibility index (Phi) is 7.01. The molecule has 2 aromatic rings. The van der Waals surface area contributed by atoms with Gasteiger partial charge in [-0.2, -0.15) is 13.2 Å². The number of rotatable bonds is 8. The molecule has 0 fully saturated rings. The second kappa shape index (κ2) is 9.49. The van der Waals surface area contributed by atoms with Crippen LogP contribution in [0, 0.1) is 0 Å². The smallest absolute Gasteiger partial charge is 0.420 e. The van der Waals surface area contributed by atoms with E-state index in [1.54, 1.807) is 11.4 Å². The minimum absolute atomic E-state index is 0.164. The van der Waals surface area contributed by atoms with Crippen LogP contribution in [0.25, 0.3) is 0 Å². The van der Waals surface area contributed by atoms with Crippen LogP contribution in [0.3, 0.4) is 0 Å². The van der Waals surface area contributed by atoms with Gasteiger partial charge in [-0.15, -0.1) is 21.5 Å². The van der Waals surface area contributed by atoms with Crippen molar-refractivity contribution in [1.29, 1.82) is 0 Å². The molecule has 0 unspecified atom stereocenters. The first-order chi connectivity index (χ1) is 13.9. The van der Waals surface area contributed by atoms with Gasteiger partial charge in [-0.25, -0.2) is 4.98 Å². The highest BCUT2D eigenvalue weighted by molar-refractivity contribution is 8.14. The molecule has 0 bridgehead atoms. The van der Waals surface area contributed by atoms with Crippen molar-refractivity contribution in [2.75, 3.05) is 17.7 Å². The van der Waals surface area contributed by atoms with Crippen molar-refractivity contribution >= 4 is 44.8 Å². The second-order valence-electron chi connectivity index (χ2n) is 6.20. The van der Waals surface area contributed by atoms with E-state index >= 15 is 0 Å². The van der Waals surface area contributed by atoms with Crippen LogP contribution in [-0.2, 0) is 6.18 Å². The summed E-state index contributed by atoms with van der Waals surface area (Å²) in [6.45, 7) is 2.28. The van der Waals surface area contributed by atoms with E-state index in [1.165, 1.54) is 29.2 Å². The highest BCUT2D eigenvalue weighted by Gasteiger charge is 2.34. The van der Waals surface area contributed by atoms with Gasteiger partial charge in [0.05, 0.1) is 12.2 Å². The van der Waals surface area contributed by atoms with Crippen LogP contribution < -0.4 is 15.8 Å². The fourth-order valence-electron chi connectivity index (χ4n) is 2.51. The van der Waals surface area contributed by atoms with E-state index in [0.717, 1.165) is 18.9 Å². The number of thioether (sulfide) groups is 1. The molecule has 11 heteroatoms. The van der Waals surface area contributed by atoms with Crippen molar-refractivity contribution in [2.24, 2.45) is 15.9 Å². The number of anilines is 2. The van der Waals surface area contributed by atoms with Crippen molar-refractivity contribution in [2.45, 2.75) is 32.4 Å². The Morgan fingerprint density at radius 1 is 1.24 bits per heavy atom. The second-order valence-corrected chi connectivity index (χ2v) is 8.05. The third-order valence-electron chi connectivity index (χ3n) is 3.97. The summed E-state index contributed by atoms with van der Waals surface area (Å²) in [7, 11) is 0. The average molecular weight is 444 g/mol. The zero-order valence-corrected chi connectivity index (χ0v) is 17.3. The lowest BCUT2D eigenvalue weighted by Gasteiger charge is -2.15. The fourth-order valence-corrected chi connectivity index (χ4v) is 3.84. The van der Waals surface area contributed by atoms with E-state index in [4.69, 9.17) is 10.5 Å². The number of hydrogen-bond donors (Lipinski definition) is 2. The standard InChI is InChI=1S/C18H20F3N5OS2/c1-2-3-4-7-27-15-6-5-11(8-12(15)18(19,20)21)23-17-24-13(9-29-17)14-10-28-16(22)26-25-14/h5-6,8-9H,2-4,7,10H2,1H3,(H2,22,26)(H,23,24). The Balaban J connectivity index is 1.74. The van der Waals surface area contributed by atoms with Crippen molar-refractivity contribution in [1.82, 2.24) is 4.98 Å². The Morgan fingerprint density at radius 3 is 2.76 bits per heavy atom. The molecule has 29 heavy (non-hydrogen) atoms. The number of alkyl halides is 3. The number of nitrogens with two attached hydrogens (primary N) is 1. The van der Waals surface area contributed by atoms with Crippen molar-refractivity contribution < 1.29 is 17.9 Å². The topological polar surface area (TPSA) is 84.9 Å². The van der Waals surface area contributed by atoms with Crippen LogP contribution in [0.15, 0.2) is 33.8 Å². The number of amidine groups is 1. The zero-order chi connectivity index (χ0) is 20.9. The van der Waals surface area contributed by atoms with E-state index in [1.807, 2.05) is 6.92 Å². The number of halogens is 3. The molecule has 3 rings (SSSR count). The van der Waals surface area contributed by atoms with Gasteiger partial charge < -0.3 is 15.8 Å². The highest BCUT2D eigenvalue weighted by Crippen LogP contribution is 2.38. The van der Waals surface area contributed by atoms with E-state index < -0.39 is 11.7 Å². The van der Waals surface area contributed by atoms with Gasteiger partial charge in [0, 0.05) is 16.8 Å². The summed E-state index contributed by atoms with van der Waals surface area (Å²) < 4.78 is 45.7. The minimum atomic E-state index is -4.52. The first kappa shape index (κ1) is 21.4. The van der Waals surface area contributed by atoms with Gasteiger partial charge in [0.2, 0.25) is 0 Å². The Morgan fingerprint density at radius 2 is 2.07 bits per heavy atom. The summed E-state index contributed by atoms with van der Waals surface area (Å²) in [4.78, 5) is 4.38. The number of aromatic nitrogens is 1. The molecule has 0 saturated carbocycles.